The van der Waals surface area contributed by atoms with Crippen LogP contribution < -0.4 is 10.6 Å². The summed E-state index contributed by atoms with van der Waals surface area (Å²) in [6, 6.07) is 10.5. The van der Waals surface area contributed by atoms with Crippen molar-refractivity contribution in [3.63, 3.8) is 0 Å². The number of hydrogen-bond donors (Lipinski definition) is 1. The topological polar surface area (TPSA) is 32.5 Å². The summed E-state index contributed by atoms with van der Waals surface area (Å²) in [5.74, 6) is 0. The summed E-state index contributed by atoms with van der Waals surface area (Å²) in [7, 11) is 2.22. The molecule has 112 valence electrons. The average molecular weight is 275 g/mol. The molecule has 1 aliphatic rings. The van der Waals surface area contributed by atoms with Gasteiger partial charge in [0.15, 0.2) is 0 Å². The van der Waals surface area contributed by atoms with Crippen LogP contribution >= 0.6 is 0 Å². The lowest BCUT2D eigenvalue weighted by Gasteiger charge is -2.43. The first-order chi connectivity index (χ1) is 9.51. The van der Waals surface area contributed by atoms with Crippen molar-refractivity contribution >= 4 is 5.69 Å². The van der Waals surface area contributed by atoms with E-state index >= 15 is 0 Å². The number of anilines is 1. The Morgan fingerprint density at radius 3 is 2.20 bits per heavy atom. The molecule has 0 bridgehead atoms. The first-order valence-electron chi connectivity index (χ1n) is 7.82. The Hall–Kier alpha value is -1.06. The van der Waals surface area contributed by atoms with Gasteiger partial charge in [-0.2, -0.15) is 0 Å². The van der Waals surface area contributed by atoms with Gasteiger partial charge in [-0.1, -0.05) is 19.1 Å². The summed E-state index contributed by atoms with van der Waals surface area (Å²) >= 11 is 0. The molecule has 1 aliphatic heterocycles. The molecule has 1 aromatic rings. The minimum absolute atomic E-state index is 0.282. The molecule has 3 unspecified atom stereocenters. The Kier molecular flexibility index (Phi) is 5.06. The zero-order valence-corrected chi connectivity index (χ0v) is 13.3. The molecule has 0 amide bonds. The molecule has 0 radical (unpaired) electrons. The molecule has 20 heavy (non-hydrogen) atoms. The lowest BCUT2D eigenvalue weighted by Crippen LogP contribution is -2.55. The maximum Gasteiger partial charge on any atom is 0.0367 e. The molecule has 1 fully saturated rings. The predicted octanol–water partition coefficient (Wildman–Crippen LogP) is 2.50. The predicted molar refractivity (Wildman–Crippen MR) is 87.3 cm³/mol. The van der Waals surface area contributed by atoms with Gasteiger partial charge in [0.25, 0.3) is 0 Å². The van der Waals surface area contributed by atoms with Gasteiger partial charge in [0.2, 0.25) is 0 Å². The molecular weight excluding hydrogens is 246 g/mol. The first kappa shape index (κ1) is 15.3. The normalized spacial score (nSPS) is 25.8. The standard InChI is InChI=1S/C17H29N3/c1-5-16(18)10-15-6-8-17(9-7-15)20-11-13(2)19(4)14(3)12-20/h6-9,13-14,16H,5,10-12,18H2,1-4H3. The van der Waals surface area contributed by atoms with E-state index in [9.17, 15) is 0 Å². The van der Waals surface area contributed by atoms with Gasteiger partial charge in [0.1, 0.15) is 0 Å². The van der Waals surface area contributed by atoms with Crippen LogP contribution in [0, 0.1) is 0 Å². The van der Waals surface area contributed by atoms with Crippen LogP contribution in [0.25, 0.3) is 0 Å². The summed E-state index contributed by atoms with van der Waals surface area (Å²) in [5, 5.41) is 0. The molecule has 2 N–H and O–H groups in total. The third kappa shape index (κ3) is 3.53. The molecule has 1 heterocycles. The number of nitrogens with two attached hydrogens (primary N) is 1. The van der Waals surface area contributed by atoms with E-state index in [2.05, 4.69) is 61.9 Å². The smallest absolute Gasteiger partial charge is 0.0367 e. The fourth-order valence-electron chi connectivity index (χ4n) is 2.91. The Labute approximate surface area is 123 Å². The van der Waals surface area contributed by atoms with E-state index in [1.807, 2.05) is 0 Å². The van der Waals surface area contributed by atoms with Gasteiger partial charge >= 0.3 is 0 Å². The fourth-order valence-corrected chi connectivity index (χ4v) is 2.91. The Balaban J connectivity index is 2.03. The highest BCUT2D eigenvalue weighted by atomic mass is 15.3. The molecule has 3 heteroatoms. The van der Waals surface area contributed by atoms with Crippen LogP contribution in [0.4, 0.5) is 5.69 Å². The number of hydrogen-bond acceptors (Lipinski definition) is 3. The van der Waals surface area contributed by atoms with Gasteiger partial charge in [-0.3, -0.25) is 4.90 Å². The van der Waals surface area contributed by atoms with Gasteiger partial charge in [0, 0.05) is 36.9 Å². The molecule has 1 saturated heterocycles. The van der Waals surface area contributed by atoms with Crippen LogP contribution in [0.15, 0.2) is 24.3 Å². The van der Waals surface area contributed by atoms with Crippen molar-refractivity contribution in [3.05, 3.63) is 29.8 Å². The van der Waals surface area contributed by atoms with E-state index in [4.69, 9.17) is 5.73 Å². The largest absolute Gasteiger partial charge is 0.368 e. The molecule has 1 aromatic carbocycles. The first-order valence-corrected chi connectivity index (χ1v) is 7.82. The summed E-state index contributed by atoms with van der Waals surface area (Å²) in [4.78, 5) is 4.96. The van der Waals surface area contributed by atoms with Gasteiger partial charge in [-0.25, -0.2) is 0 Å². The van der Waals surface area contributed by atoms with Gasteiger partial charge in [-0.15, -0.1) is 0 Å². The van der Waals surface area contributed by atoms with Crippen LogP contribution in [0.1, 0.15) is 32.8 Å². The number of nitrogens with zero attached hydrogens (tertiary/aromatic N) is 2. The maximum atomic E-state index is 6.02. The molecule has 2 rings (SSSR count). The minimum Gasteiger partial charge on any atom is -0.368 e. The van der Waals surface area contributed by atoms with Gasteiger partial charge < -0.3 is 10.6 Å². The summed E-state index contributed by atoms with van der Waals surface area (Å²) < 4.78 is 0. The number of piperazine rings is 1. The second kappa shape index (κ2) is 6.59. The SMILES string of the molecule is CCC(N)Cc1ccc(N2CC(C)N(C)C(C)C2)cc1. The molecule has 0 spiro atoms. The molecule has 3 atom stereocenters. The second-order valence-corrected chi connectivity index (χ2v) is 6.31. The van der Waals surface area contributed by atoms with Crippen LogP contribution in [0.2, 0.25) is 0 Å². The second-order valence-electron chi connectivity index (χ2n) is 6.31. The van der Waals surface area contributed by atoms with Crippen molar-refractivity contribution in [2.75, 3.05) is 25.0 Å². The van der Waals surface area contributed by atoms with E-state index in [0.717, 1.165) is 25.9 Å². The monoisotopic (exact) mass is 275 g/mol. The third-order valence-corrected chi connectivity index (χ3v) is 4.68. The van der Waals surface area contributed by atoms with Crippen molar-refractivity contribution in [1.29, 1.82) is 0 Å². The Morgan fingerprint density at radius 2 is 1.70 bits per heavy atom. The summed E-state index contributed by atoms with van der Waals surface area (Å²) in [6.07, 6.45) is 2.02. The summed E-state index contributed by atoms with van der Waals surface area (Å²) in [6.45, 7) is 8.96. The Morgan fingerprint density at radius 1 is 1.15 bits per heavy atom. The lowest BCUT2D eigenvalue weighted by molar-refractivity contribution is 0.170. The quantitative estimate of drug-likeness (QED) is 0.916. The van der Waals surface area contributed by atoms with E-state index in [1.165, 1.54) is 11.3 Å². The van der Waals surface area contributed by atoms with E-state index in [-0.39, 0.29) is 6.04 Å². The third-order valence-electron chi connectivity index (χ3n) is 4.68. The van der Waals surface area contributed by atoms with E-state index in [0.29, 0.717) is 12.1 Å². The van der Waals surface area contributed by atoms with Crippen LogP contribution in [-0.4, -0.2) is 43.2 Å². The molecular formula is C17H29N3. The average Bonchev–Trinajstić information content (AvgIpc) is 2.45. The Bertz CT molecular complexity index is 403. The minimum atomic E-state index is 0.282. The van der Waals surface area contributed by atoms with Crippen LogP contribution in [0.5, 0.6) is 0 Å². The number of likely N-dealkylation sites (N-methyl/N-ethyl adjacent to an activating group) is 1. The van der Waals surface area contributed by atoms with Gasteiger partial charge in [0.05, 0.1) is 0 Å². The highest BCUT2D eigenvalue weighted by molar-refractivity contribution is 5.48. The number of benzene rings is 1. The van der Waals surface area contributed by atoms with Crippen molar-refractivity contribution in [3.8, 4) is 0 Å². The maximum absolute atomic E-state index is 6.02. The summed E-state index contributed by atoms with van der Waals surface area (Å²) in [5.41, 5.74) is 8.71. The molecule has 0 aromatic heterocycles. The van der Waals surface area contributed by atoms with Crippen molar-refractivity contribution in [1.82, 2.24) is 4.90 Å². The van der Waals surface area contributed by atoms with Crippen LogP contribution in [0.3, 0.4) is 0 Å². The van der Waals surface area contributed by atoms with E-state index < -0.39 is 0 Å². The van der Waals surface area contributed by atoms with Crippen molar-refractivity contribution < 1.29 is 0 Å². The molecule has 0 saturated carbocycles. The van der Waals surface area contributed by atoms with Crippen LogP contribution in [-0.2, 0) is 6.42 Å². The lowest BCUT2D eigenvalue weighted by atomic mass is 10.0. The fraction of sp³-hybridized carbons (Fsp3) is 0.647. The van der Waals surface area contributed by atoms with Crippen molar-refractivity contribution in [2.45, 2.75) is 51.7 Å². The highest BCUT2D eigenvalue weighted by Crippen LogP contribution is 2.22. The zero-order chi connectivity index (χ0) is 14.7. The molecule has 3 nitrogen and oxygen atoms in total. The van der Waals surface area contributed by atoms with Crippen molar-refractivity contribution in [2.24, 2.45) is 5.73 Å². The molecule has 0 aliphatic carbocycles. The highest BCUT2D eigenvalue weighted by Gasteiger charge is 2.26. The number of rotatable bonds is 4. The van der Waals surface area contributed by atoms with Gasteiger partial charge in [-0.05, 0) is 51.4 Å². The zero-order valence-electron chi connectivity index (χ0n) is 13.3. The van der Waals surface area contributed by atoms with E-state index in [1.54, 1.807) is 0 Å².